The van der Waals surface area contributed by atoms with Crippen LogP contribution in [0.2, 0.25) is 0 Å². The molecule has 0 aliphatic heterocycles. The first-order valence-electron chi connectivity index (χ1n) is 10.7. The zero-order chi connectivity index (χ0) is 22.1. The van der Waals surface area contributed by atoms with Crippen LogP contribution in [-0.2, 0) is 16.1 Å². The lowest BCUT2D eigenvalue weighted by atomic mass is 10.0. The Kier molecular flexibility index (Phi) is 8.90. The van der Waals surface area contributed by atoms with Crippen LogP contribution in [0.3, 0.4) is 0 Å². The van der Waals surface area contributed by atoms with Gasteiger partial charge in [-0.1, -0.05) is 62.7 Å². The van der Waals surface area contributed by atoms with E-state index in [-0.39, 0.29) is 18.4 Å². The number of aryl methyl sites for hydroxylation is 1. The summed E-state index contributed by atoms with van der Waals surface area (Å²) in [4.78, 5) is 27.3. The van der Waals surface area contributed by atoms with Gasteiger partial charge in [0.15, 0.2) is 6.61 Å². The topological polar surface area (TPSA) is 58.6 Å². The van der Waals surface area contributed by atoms with Crippen LogP contribution in [0.5, 0.6) is 5.75 Å². The number of carbonyl (C=O) groups is 2. The molecule has 0 saturated carbocycles. The first-order valence-corrected chi connectivity index (χ1v) is 10.7. The molecule has 5 nitrogen and oxygen atoms in total. The van der Waals surface area contributed by atoms with E-state index in [9.17, 15) is 9.59 Å². The molecule has 0 bridgehead atoms. The predicted octanol–water partition coefficient (Wildman–Crippen LogP) is 4.44. The van der Waals surface area contributed by atoms with Crippen molar-refractivity contribution in [1.82, 2.24) is 10.2 Å². The number of hydrogen-bond acceptors (Lipinski definition) is 3. The molecule has 0 aliphatic rings. The van der Waals surface area contributed by atoms with Crippen LogP contribution in [0.25, 0.3) is 0 Å². The third-order valence-electron chi connectivity index (χ3n) is 5.12. The van der Waals surface area contributed by atoms with Crippen LogP contribution in [-0.4, -0.2) is 35.9 Å². The second-order valence-electron chi connectivity index (χ2n) is 7.84. The minimum absolute atomic E-state index is 0.108. The van der Waals surface area contributed by atoms with Crippen molar-refractivity contribution < 1.29 is 14.3 Å². The molecule has 5 heteroatoms. The lowest BCUT2D eigenvalue weighted by Crippen LogP contribution is -2.50. The molecule has 0 aromatic heterocycles. The van der Waals surface area contributed by atoms with E-state index in [1.165, 1.54) is 5.56 Å². The molecule has 0 heterocycles. The standard InChI is InChI=1S/C25H34N2O3/c1-6-23(25(29)26-7-2)27(16-20-10-8-19(5)9-11-20)24(28)17-30-22-14-12-21(13-15-22)18(3)4/h8-15,18,23H,6-7,16-17H2,1-5H3,(H,26,29)/t23-/m1/s1. The number of amides is 2. The van der Waals surface area contributed by atoms with E-state index >= 15 is 0 Å². The smallest absolute Gasteiger partial charge is 0.261 e. The number of benzene rings is 2. The van der Waals surface area contributed by atoms with Crippen molar-refractivity contribution in [3.8, 4) is 5.75 Å². The van der Waals surface area contributed by atoms with Gasteiger partial charge >= 0.3 is 0 Å². The largest absolute Gasteiger partial charge is 0.484 e. The zero-order valence-corrected chi connectivity index (χ0v) is 18.8. The van der Waals surface area contributed by atoms with Gasteiger partial charge in [-0.2, -0.15) is 0 Å². The highest BCUT2D eigenvalue weighted by Gasteiger charge is 2.28. The van der Waals surface area contributed by atoms with Gasteiger partial charge in [-0.05, 0) is 49.4 Å². The fourth-order valence-electron chi connectivity index (χ4n) is 3.28. The van der Waals surface area contributed by atoms with Gasteiger partial charge in [0.05, 0.1) is 0 Å². The lowest BCUT2D eigenvalue weighted by molar-refractivity contribution is -0.142. The van der Waals surface area contributed by atoms with Crippen molar-refractivity contribution in [2.45, 2.75) is 59.5 Å². The van der Waals surface area contributed by atoms with Gasteiger partial charge in [-0.3, -0.25) is 9.59 Å². The van der Waals surface area contributed by atoms with E-state index in [0.717, 1.165) is 11.1 Å². The van der Waals surface area contributed by atoms with Crippen molar-refractivity contribution in [2.75, 3.05) is 13.2 Å². The van der Waals surface area contributed by atoms with Crippen molar-refractivity contribution in [1.29, 1.82) is 0 Å². The predicted molar refractivity (Wildman–Crippen MR) is 121 cm³/mol. The van der Waals surface area contributed by atoms with E-state index in [1.807, 2.05) is 69.3 Å². The maximum absolute atomic E-state index is 13.1. The Morgan fingerprint density at radius 2 is 1.63 bits per heavy atom. The minimum atomic E-state index is -0.536. The lowest BCUT2D eigenvalue weighted by Gasteiger charge is -2.30. The normalized spacial score (nSPS) is 11.8. The number of ether oxygens (including phenoxy) is 1. The highest BCUT2D eigenvalue weighted by atomic mass is 16.5. The maximum Gasteiger partial charge on any atom is 0.261 e. The quantitative estimate of drug-likeness (QED) is 0.630. The fourth-order valence-corrected chi connectivity index (χ4v) is 3.28. The van der Waals surface area contributed by atoms with Gasteiger partial charge in [-0.25, -0.2) is 0 Å². The maximum atomic E-state index is 13.1. The Bertz CT molecular complexity index is 813. The molecule has 1 atom stereocenters. The number of nitrogens with one attached hydrogen (secondary N) is 1. The first kappa shape index (κ1) is 23.5. The molecule has 1 N–H and O–H groups in total. The molecule has 0 aliphatic carbocycles. The first-order chi connectivity index (χ1) is 14.3. The summed E-state index contributed by atoms with van der Waals surface area (Å²) < 4.78 is 5.75. The Morgan fingerprint density at radius 3 is 2.17 bits per heavy atom. The number of nitrogens with zero attached hydrogens (tertiary/aromatic N) is 1. The van der Waals surface area contributed by atoms with Crippen molar-refractivity contribution in [3.05, 3.63) is 65.2 Å². The Morgan fingerprint density at radius 1 is 1.00 bits per heavy atom. The molecular formula is C25H34N2O3. The Balaban J connectivity index is 2.15. The molecule has 2 amide bonds. The summed E-state index contributed by atoms with van der Waals surface area (Å²) in [5, 5.41) is 2.84. The molecule has 0 radical (unpaired) electrons. The van der Waals surface area contributed by atoms with E-state index in [0.29, 0.717) is 31.2 Å². The van der Waals surface area contributed by atoms with Crippen LogP contribution in [0, 0.1) is 6.92 Å². The van der Waals surface area contributed by atoms with Gasteiger partial charge in [0, 0.05) is 13.1 Å². The summed E-state index contributed by atoms with van der Waals surface area (Å²) in [6.45, 7) is 10.9. The molecule has 2 rings (SSSR count). The SMILES string of the molecule is CCNC(=O)[C@@H](CC)N(Cc1ccc(C)cc1)C(=O)COc1ccc(C(C)C)cc1. The van der Waals surface area contributed by atoms with Gasteiger partial charge < -0.3 is 15.0 Å². The molecule has 0 fully saturated rings. The molecule has 30 heavy (non-hydrogen) atoms. The minimum Gasteiger partial charge on any atom is -0.484 e. The summed E-state index contributed by atoms with van der Waals surface area (Å²) in [7, 11) is 0. The van der Waals surface area contributed by atoms with Crippen LogP contribution in [0.15, 0.2) is 48.5 Å². The van der Waals surface area contributed by atoms with E-state index in [4.69, 9.17) is 4.74 Å². The van der Waals surface area contributed by atoms with Gasteiger partial charge in [0.25, 0.3) is 5.91 Å². The summed E-state index contributed by atoms with van der Waals surface area (Å²) in [5.74, 6) is 0.741. The van der Waals surface area contributed by atoms with Crippen molar-refractivity contribution in [2.24, 2.45) is 0 Å². The van der Waals surface area contributed by atoms with Crippen molar-refractivity contribution >= 4 is 11.8 Å². The Labute approximate surface area is 180 Å². The fraction of sp³-hybridized carbons (Fsp3) is 0.440. The third kappa shape index (κ3) is 6.61. The third-order valence-corrected chi connectivity index (χ3v) is 5.12. The molecule has 0 saturated heterocycles. The summed E-state index contributed by atoms with van der Waals surface area (Å²) in [5.41, 5.74) is 3.36. The van der Waals surface area contributed by atoms with Crippen LogP contribution < -0.4 is 10.1 Å². The molecule has 2 aromatic carbocycles. The van der Waals surface area contributed by atoms with E-state index in [1.54, 1.807) is 4.90 Å². The summed E-state index contributed by atoms with van der Waals surface area (Å²) in [6, 6.07) is 15.3. The van der Waals surface area contributed by atoms with Crippen LogP contribution in [0.4, 0.5) is 0 Å². The van der Waals surface area contributed by atoms with Gasteiger partial charge in [0.1, 0.15) is 11.8 Å². The van der Waals surface area contributed by atoms with Gasteiger partial charge in [-0.15, -0.1) is 0 Å². The number of hydrogen-bond donors (Lipinski definition) is 1. The summed E-state index contributed by atoms with van der Waals surface area (Å²) in [6.07, 6.45) is 0.534. The van der Waals surface area contributed by atoms with Crippen LogP contribution in [0.1, 0.15) is 56.7 Å². The highest BCUT2D eigenvalue weighted by Crippen LogP contribution is 2.19. The van der Waals surface area contributed by atoms with Crippen LogP contribution >= 0.6 is 0 Å². The van der Waals surface area contributed by atoms with E-state index < -0.39 is 6.04 Å². The molecule has 0 spiro atoms. The highest BCUT2D eigenvalue weighted by molar-refractivity contribution is 5.88. The number of rotatable bonds is 10. The van der Waals surface area contributed by atoms with Crippen molar-refractivity contribution in [3.63, 3.8) is 0 Å². The number of carbonyl (C=O) groups excluding carboxylic acids is 2. The average molecular weight is 411 g/mol. The second-order valence-corrected chi connectivity index (χ2v) is 7.84. The number of likely N-dealkylation sites (N-methyl/N-ethyl adjacent to an activating group) is 1. The summed E-state index contributed by atoms with van der Waals surface area (Å²) >= 11 is 0. The van der Waals surface area contributed by atoms with Gasteiger partial charge in [0.2, 0.25) is 5.91 Å². The monoisotopic (exact) mass is 410 g/mol. The second kappa shape index (κ2) is 11.4. The Hall–Kier alpha value is -2.82. The molecule has 162 valence electrons. The molecular weight excluding hydrogens is 376 g/mol. The molecule has 2 aromatic rings. The molecule has 0 unspecified atom stereocenters. The zero-order valence-electron chi connectivity index (χ0n) is 18.8. The van der Waals surface area contributed by atoms with E-state index in [2.05, 4.69) is 19.2 Å². The average Bonchev–Trinajstić information content (AvgIpc) is 2.73.